The van der Waals surface area contributed by atoms with Gasteiger partial charge in [-0.25, -0.2) is 9.48 Å². The zero-order valence-electron chi connectivity index (χ0n) is 14.1. The summed E-state index contributed by atoms with van der Waals surface area (Å²) in [5, 5.41) is 7.03. The summed E-state index contributed by atoms with van der Waals surface area (Å²) >= 11 is 3.39. The maximum absolute atomic E-state index is 12.6. The van der Waals surface area contributed by atoms with Gasteiger partial charge in [-0.1, -0.05) is 22.9 Å². The smallest absolute Gasteiger partial charge is 0.331 e. The molecule has 0 radical (unpaired) electrons. The van der Waals surface area contributed by atoms with Crippen molar-refractivity contribution in [3.8, 4) is 5.69 Å². The van der Waals surface area contributed by atoms with Crippen LogP contribution in [-0.2, 0) is 9.53 Å². The van der Waals surface area contributed by atoms with Crippen molar-refractivity contribution in [1.82, 2.24) is 15.1 Å². The maximum Gasteiger partial charge on any atom is 0.331 e. The first-order valence-electron chi connectivity index (χ1n) is 7.54. The molecule has 0 aliphatic carbocycles. The summed E-state index contributed by atoms with van der Waals surface area (Å²) in [5.41, 5.74) is 0.887. The van der Waals surface area contributed by atoms with Gasteiger partial charge >= 0.3 is 5.97 Å². The molecule has 1 N–H and O–H groups in total. The van der Waals surface area contributed by atoms with E-state index < -0.39 is 11.5 Å². The monoisotopic (exact) mass is 393 g/mol. The second kappa shape index (κ2) is 7.17. The number of nitrogens with zero attached hydrogens (tertiary/aromatic N) is 2. The van der Waals surface area contributed by atoms with Crippen molar-refractivity contribution in [1.29, 1.82) is 0 Å². The molecule has 0 fully saturated rings. The number of amides is 1. The Bertz CT molecular complexity index is 755. The van der Waals surface area contributed by atoms with E-state index in [2.05, 4.69) is 26.3 Å². The second-order valence-electron chi connectivity index (χ2n) is 5.66. The fourth-order valence-electron chi connectivity index (χ4n) is 2.30. The molecule has 1 aromatic carbocycles. The van der Waals surface area contributed by atoms with Gasteiger partial charge in [-0.2, -0.15) is 5.10 Å². The molecule has 6 nitrogen and oxygen atoms in total. The average molecular weight is 394 g/mol. The Morgan fingerprint density at radius 3 is 2.50 bits per heavy atom. The van der Waals surface area contributed by atoms with E-state index in [0.29, 0.717) is 17.7 Å². The van der Waals surface area contributed by atoms with Crippen molar-refractivity contribution in [3.05, 3.63) is 46.2 Å². The number of nitrogens with one attached hydrogen (secondary N) is 1. The lowest BCUT2D eigenvalue weighted by Crippen LogP contribution is -2.52. The molecule has 1 atom stereocenters. The minimum Gasteiger partial charge on any atom is -0.467 e. The lowest BCUT2D eigenvalue weighted by Gasteiger charge is -2.26. The Morgan fingerprint density at radius 1 is 1.33 bits per heavy atom. The summed E-state index contributed by atoms with van der Waals surface area (Å²) in [6.07, 6.45) is 1.92. The van der Waals surface area contributed by atoms with E-state index in [4.69, 9.17) is 4.74 Å². The van der Waals surface area contributed by atoms with E-state index in [9.17, 15) is 9.59 Å². The normalized spacial score (nSPS) is 13.2. The zero-order valence-corrected chi connectivity index (χ0v) is 15.7. The number of rotatable bonds is 5. The summed E-state index contributed by atoms with van der Waals surface area (Å²) < 4.78 is 7.43. The SMILES string of the molecule is CC[C@@](C)(NC(=O)c1cnn(-c2ccc(Br)cc2)c1C)C(=O)OC. The topological polar surface area (TPSA) is 73.2 Å². The van der Waals surface area contributed by atoms with Crippen molar-refractivity contribution >= 4 is 27.8 Å². The van der Waals surface area contributed by atoms with Gasteiger partial charge in [0, 0.05) is 4.47 Å². The molecule has 7 heteroatoms. The molecule has 0 spiro atoms. The minimum absolute atomic E-state index is 0.356. The van der Waals surface area contributed by atoms with Gasteiger partial charge in [0.1, 0.15) is 5.54 Å². The summed E-state index contributed by atoms with van der Waals surface area (Å²) in [7, 11) is 1.30. The van der Waals surface area contributed by atoms with Crippen LogP contribution in [0.3, 0.4) is 0 Å². The molecular formula is C17H20BrN3O3. The van der Waals surface area contributed by atoms with E-state index in [1.54, 1.807) is 11.6 Å². The van der Waals surface area contributed by atoms with Crippen LogP contribution < -0.4 is 5.32 Å². The van der Waals surface area contributed by atoms with Gasteiger partial charge in [-0.15, -0.1) is 0 Å². The first-order valence-corrected chi connectivity index (χ1v) is 8.33. The van der Waals surface area contributed by atoms with Crippen LogP contribution >= 0.6 is 15.9 Å². The van der Waals surface area contributed by atoms with Gasteiger partial charge in [-0.05, 0) is 44.5 Å². The van der Waals surface area contributed by atoms with Crippen molar-refractivity contribution in [3.63, 3.8) is 0 Å². The highest BCUT2D eigenvalue weighted by Gasteiger charge is 2.35. The van der Waals surface area contributed by atoms with E-state index in [1.807, 2.05) is 38.1 Å². The lowest BCUT2D eigenvalue weighted by molar-refractivity contribution is -0.147. The van der Waals surface area contributed by atoms with Crippen molar-refractivity contribution in [2.24, 2.45) is 0 Å². The van der Waals surface area contributed by atoms with Gasteiger partial charge in [0.05, 0.1) is 30.3 Å². The summed E-state index contributed by atoms with van der Waals surface area (Å²) in [4.78, 5) is 24.5. The Hall–Kier alpha value is -2.15. The molecule has 128 valence electrons. The van der Waals surface area contributed by atoms with Gasteiger partial charge in [0.2, 0.25) is 0 Å². The molecule has 0 saturated heterocycles. The van der Waals surface area contributed by atoms with Crippen molar-refractivity contribution < 1.29 is 14.3 Å². The number of benzene rings is 1. The second-order valence-corrected chi connectivity index (χ2v) is 6.58. The molecule has 24 heavy (non-hydrogen) atoms. The molecule has 0 bridgehead atoms. The van der Waals surface area contributed by atoms with Gasteiger partial charge < -0.3 is 10.1 Å². The molecule has 1 aromatic heterocycles. The van der Waals surface area contributed by atoms with Crippen LogP contribution in [-0.4, -0.2) is 34.3 Å². The third-order valence-corrected chi connectivity index (χ3v) is 4.59. The van der Waals surface area contributed by atoms with Gasteiger partial charge in [-0.3, -0.25) is 4.79 Å². The Kier molecular flexibility index (Phi) is 5.43. The van der Waals surface area contributed by atoms with Gasteiger partial charge in [0.15, 0.2) is 0 Å². The standard InChI is InChI=1S/C17H20BrN3O3/c1-5-17(3,16(23)24-4)20-15(22)14-10-19-21(11(14)2)13-8-6-12(18)7-9-13/h6-10H,5H2,1-4H3,(H,20,22)/t17-/m1/s1. The highest BCUT2D eigenvalue weighted by Crippen LogP contribution is 2.19. The molecular weight excluding hydrogens is 374 g/mol. The molecule has 0 unspecified atom stereocenters. The summed E-state index contributed by atoms with van der Waals surface area (Å²) in [5.74, 6) is -0.832. The van der Waals surface area contributed by atoms with Crippen molar-refractivity contribution in [2.75, 3.05) is 7.11 Å². The Morgan fingerprint density at radius 2 is 1.96 bits per heavy atom. The maximum atomic E-state index is 12.6. The highest BCUT2D eigenvalue weighted by atomic mass is 79.9. The molecule has 2 rings (SSSR count). The Labute approximate surface area is 149 Å². The Balaban J connectivity index is 2.28. The third kappa shape index (κ3) is 3.51. The van der Waals surface area contributed by atoms with Crippen LogP contribution in [0, 0.1) is 6.92 Å². The fourth-order valence-corrected chi connectivity index (χ4v) is 2.57. The fraction of sp³-hybridized carbons (Fsp3) is 0.353. The van der Waals surface area contributed by atoms with E-state index in [1.165, 1.54) is 13.3 Å². The molecule has 1 amide bonds. The van der Waals surface area contributed by atoms with Crippen molar-refractivity contribution in [2.45, 2.75) is 32.7 Å². The zero-order chi connectivity index (χ0) is 17.9. The van der Waals surface area contributed by atoms with Gasteiger partial charge in [0.25, 0.3) is 5.91 Å². The van der Waals surface area contributed by atoms with Crippen LogP contribution in [0.15, 0.2) is 34.9 Å². The average Bonchev–Trinajstić information content (AvgIpc) is 2.96. The number of aromatic nitrogens is 2. The van der Waals surface area contributed by atoms with E-state index >= 15 is 0 Å². The first kappa shape index (κ1) is 18.2. The number of carbonyl (C=O) groups excluding carboxylic acids is 2. The molecule has 0 saturated carbocycles. The number of hydrogen-bond acceptors (Lipinski definition) is 4. The van der Waals surface area contributed by atoms with Crippen LogP contribution in [0.4, 0.5) is 0 Å². The predicted octanol–water partition coefficient (Wildman–Crippen LogP) is 3.01. The van der Waals surface area contributed by atoms with E-state index in [-0.39, 0.29) is 5.91 Å². The predicted molar refractivity (Wildman–Crippen MR) is 94.2 cm³/mol. The van der Waals surface area contributed by atoms with Crippen LogP contribution in [0.5, 0.6) is 0 Å². The lowest BCUT2D eigenvalue weighted by atomic mass is 9.98. The quantitative estimate of drug-likeness (QED) is 0.792. The number of esters is 1. The third-order valence-electron chi connectivity index (χ3n) is 4.06. The minimum atomic E-state index is -1.07. The number of hydrogen-bond donors (Lipinski definition) is 1. The summed E-state index contributed by atoms with van der Waals surface area (Å²) in [6, 6.07) is 7.61. The number of ether oxygens (including phenoxy) is 1. The molecule has 0 aliphatic rings. The van der Waals surface area contributed by atoms with E-state index in [0.717, 1.165) is 10.2 Å². The van der Waals surface area contributed by atoms with Crippen LogP contribution in [0.2, 0.25) is 0 Å². The molecule has 2 aromatic rings. The van der Waals surface area contributed by atoms with Crippen LogP contribution in [0.25, 0.3) is 5.69 Å². The largest absolute Gasteiger partial charge is 0.467 e. The number of carbonyl (C=O) groups is 2. The first-order chi connectivity index (χ1) is 11.3. The molecule has 1 heterocycles. The van der Waals surface area contributed by atoms with Crippen LogP contribution in [0.1, 0.15) is 36.3 Å². The summed E-state index contributed by atoms with van der Waals surface area (Å²) in [6.45, 7) is 5.27. The number of methoxy groups -OCH3 is 1. The molecule has 0 aliphatic heterocycles. The highest BCUT2D eigenvalue weighted by molar-refractivity contribution is 9.10. The number of halogens is 1.